The maximum Gasteiger partial charge on any atom is 0.186 e. The molecule has 10 heteroatoms. The standard InChI is InChI=1S/C48H52O10/c1-49-48-46(53-31-37-23-13-5-14-24-37)45(44-41(56-48)33-54-47(58-44)38-25-15-6-16-26-38)57-42-27-39(51-29-35-19-9-3-10-20-35)43(52-30-36-21-11-4-12-22-36)40(55-42)32-50-28-34-17-7-2-8-18-34/h2-26,39-48H,27-33H2,1H3/t39-,40-,41-,42-,43-,44-,45+,46-,47?,48+/m1/s1. The average molecular weight is 789 g/mol. The van der Waals surface area contributed by atoms with Crippen LogP contribution in [0.25, 0.3) is 0 Å². The van der Waals surface area contributed by atoms with Crippen LogP contribution in [-0.2, 0) is 73.8 Å². The molecular weight excluding hydrogens is 737 g/mol. The van der Waals surface area contributed by atoms with Gasteiger partial charge in [-0.2, -0.15) is 0 Å². The van der Waals surface area contributed by atoms with E-state index in [1.165, 1.54) is 0 Å². The first-order valence-electron chi connectivity index (χ1n) is 20.1. The Hall–Kier alpha value is -4.30. The van der Waals surface area contributed by atoms with Gasteiger partial charge in [0, 0.05) is 19.1 Å². The van der Waals surface area contributed by atoms with E-state index in [0.717, 1.165) is 27.8 Å². The highest BCUT2D eigenvalue weighted by atomic mass is 16.8. The van der Waals surface area contributed by atoms with E-state index in [-0.39, 0.29) is 13.2 Å². The zero-order valence-corrected chi connectivity index (χ0v) is 32.7. The van der Waals surface area contributed by atoms with Gasteiger partial charge in [0.05, 0.1) is 45.7 Å². The quantitative estimate of drug-likeness (QED) is 0.0925. The molecule has 304 valence electrons. The third kappa shape index (κ3) is 10.7. The van der Waals surface area contributed by atoms with Gasteiger partial charge in [0.25, 0.3) is 0 Å². The molecule has 3 fully saturated rings. The predicted octanol–water partition coefficient (Wildman–Crippen LogP) is 7.95. The Labute approximate surface area is 340 Å². The summed E-state index contributed by atoms with van der Waals surface area (Å²) in [6, 6.07) is 50.2. The molecule has 0 spiro atoms. The molecule has 0 aliphatic carbocycles. The molecule has 0 saturated carbocycles. The van der Waals surface area contributed by atoms with Crippen molar-refractivity contribution in [3.05, 3.63) is 179 Å². The number of rotatable bonds is 17. The number of fused-ring (bicyclic) bond motifs is 1. The first-order chi connectivity index (χ1) is 28.7. The first-order valence-corrected chi connectivity index (χ1v) is 20.1. The molecule has 0 amide bonds. The summed E-state index contributed by atoms with van der Waals surface area (Å²) in [4.78, 5) is 0. The van der Waals surface area contributed by atoms with E-state index in [2.05, 4.69) is 24.3 Å². The summed E-state index contributed by atoms with van der Waals surface area (Å²) in [5, 5.41) is 0. The Balaban J connectivity index is 1.09. The van der Waals surface area contributed by atoms with Crippen LogP contribution in [0.5, 0.6) is 0 Å². The minimum atomic E-state index is -0.767. The fourth-order valence-corrected chi connectivity index (χ4v) is 7.69. The van der Waals surface area contributed by atoms with Crippen LogP contribution in [0.3, 0.4) is 0 Å². The average Bonchev–Trinajstić information content (AvgIpc) is 3.29. The van der Waals surface area contributed by atoms with E-state index in [1.807, 2.05) is 127 Å². The molecule has 0 N–H and O–H groups in total. The van der Waals surface area contributed by atoms with Crippen molar-refractivity contribution >= 4 is 0 Å². The second-order valence-electron chi connectivity index (χ2n) is 14.8. The van der Waals surface area contributed by atoms with Crippen LogP contribution in [0, 0.1) is 0 Å². The monoisotopic (exact) mass is 788 g/mol. The molecule has 0 bridgehead atoms. The summed E-state index contributed by atoms with van der Waals surface area (Å²) >= 11 is 0. The molecular formula is C48H52O10. The number of hydrogen-bond acceptors (Lipinski definition) is 10. The molecule has 3 aliphatic rings. The van der Waals surface area contributed by atoms with Crippen LogP contribution >= 0.6 is 0 Å². The summed E-state index contributed by atoms with van der Waals surface area (Å²) in [6.07, 6.45) is -5.66. The number of benzene rings is 5. The Morgan fingerprint density at radius 3 is 1.62 bits per heavy atom. The van der Waals surface area contributed by atoms with Gasteiger partial charge in [0.15, 0.2) is 18.9 Å². The van der Waals surface area contributed by atoms with Gasteiger partial charge in [-0.15, -0.1) is 0 Å². The molecule has 5 aromatic rings. The highest BCUT2D eigenvalue weighted by Gasteiger charge is 2.53. The molecule has 5 aromatic carbocycles. The second kappa shape index (κ2) is 20.6. The van der Waals surface area contributed by atoms with Gasteiger partial charge in [-0.25, -0.2) is 0 Å². The van der Waals surface area contributed by atoms with E-state index in [4.69, 9.17) is 47.4 Å². The fourth-order valence-electron chi connectivity index (χ4n) is 7.69. The molecule has 1 unspecified atom stereocenters. The Morgan fingerprint density at radius 1 is 0.534 bits per heavy atom. The van der Waals surface area contributed by atoms with Crippen LogP contribution in [0.2, 0.25) is 0 Å². The van der Waals surface area contributed by atoms with Crippen LogP contribution in [0.4, 0.5) is 0 Å². The van der Waals surface area contributed by atoms with E-state index in [0.29, 0.717) is 32.8 Å². The first kappa shape index (κ1) is 40.5. The molecule has 0 aromatic heterocycles. The van der Waals surface area contributed by atoms with Gasteiger partial charge in [-0.05, 0) is 22.3 Å². The van der Waals surface area contributed by atoms with Crippen LogP contribution < -0.4 is 0 Å². The largest absolute Gasteiger partial charge is 0.374 e. The van der Waals surface area contributed by atoms with Crippen molar-refractivity contribution in [2.45, 2.75) is 94.4 Å². The van der Waals surface area contributed by atoms with Crippen molar-refractivity contribution in [3.63, 3.8) is 0 Å². The van der Waals surface area contributed by atoms with Crippen LogP contribution in [-0.4, -0.2) is 75.6 Å². The van der Waals surface area contributed by atoms with Gasteiger partial charge in [0.1, 0.15) is 36.6 Å². The van der Waals surface area contributed by atoms with Crippen molar-refractivity contribution in [1.29, 1.82) is 0 Å². The Bertz CT molecular complexity index is 1900. The summed E-state index contributed by atoms with van der Waals surface area (Å²) in [7, 11) is 1.61. The molecule has 58 heavy (non-hydrogen) atoms. The maximum atomic E-state index is 7.13. The van der Waals surface area contributed by atoms with Crippen LogP contribution in [0.15, 0.2) is 152 Å². The minimum absolute atomic E-state index is 0.244. The van der Waals surface area contributed by atoms with E-state index < -0.39 is 61.6 Å². The molecule has 10 atom stereocenters. The van der Waals surface area contributed by atoms with Gasteiger partial charge >= 0.3 is 0 Å². The SMILES string of the molecule is CO[C@H]1O[C@@H]2COC(c3ccccc3)O[C@H]2[C@H](O[C@@H]2C[C@@H](OCc3ccccc3)[C@@H](OCc3ccccc3)[C@@H](COCc3ccccc3)O2)[C@H]1OCc1ccccc1. The van der Waals surface area contributed by atoms with Gasteiger partial charge in [0.2, 0.25) is 0 Å². The topological polar surface area (TPSA) is 92.3 Å². The van der Waals surface area contributed by atoms with E-state index in [1.54, 1.807) is 7.11 Å². The van der Waals surface area contributed by atoms with Crippen molar-refractivity contribution < 1.29 is 47.4 Å². The lowest BCUT2D eigenvalue weighted by Gasteiger charge is -2.50. The summed E-state index contributed by atoms with van der Waals surface area (Å²) in [5.41, 5.74) is 5.07. The lowest BCUT2D eigenvalue weighted by Crippen LogP contribution is -2.65. The Morgan fingerprint density at radius 2 is 1.05 bits per heavy atom. The number of methoxy groups -OCH3 is 1. The molecule has 8 rings (SSSR count). The van der Waals surface area contributed by atoms with Crippen molar-refractivity contribution in [2.24, 2.45) is 0 Å². The molecule has 3 aliphatic heterocycles. The van der Waals surface area contributed by atoms with E-state index >= 15 is 0 Å². The van der Waals surface area contributed by atoms with Crippen LogP contribution in [0.1, 0.15) is 40.5 Å². The van der Waals surface area contributed by atoms with Crippen molar-refractivity contribution in [2.75, 3.05) is 20.3 Å². The smallest absolute Gasteiger partial charge is 0.186 e. The highest BCUT2D eigenvalue weighted by Crippen LogP contribution is 2.39. The van der Waals surface area contributed by atoms with Gasteiger partial charge in [-0.1, -0.05) is 152 Å². The minimum Gasteiger partial charge on any atom is -0.374 e. The van der Waals surface area contributed by atoms with Gasteiger partial charge < -0.3 is 47.4 Å². The zero-order valence-electron chi connectivity index (χ0n) is 32.7. The number of ether oxygens (including phenoxy) is 10. The summed E-state index contributed by atoms with van der Waals surface area (Å²) in [6.45, 7) is 2.00. The third-order valence-electron chi connectivity index (χ3n) is 10.7. The molecule has 0 radical (unpaired) electrons. The number of hydrogen-bond donors (Lipinski definition) is 0. The fraction of sp³-hybridized carbons (Fsp3) is 0.375. The third-order valence-corrected chi connectivity index (χ3v) is 10.7. The van der Waals surface area contributed by atoms with Crippen molar-refractivity contribution in [1.82, 2.24) is 0 Å². The zero-order chi connectivity index (χ0) is 39.4. The summed E-state index contributed by atoms with van der Waals surface area (Å²) in [5.74, 6) is 0. The highest BCUT2D eigenvalue weighted by molar-refractivity contribution is 5.18. The summed E-state index contributed by atoms with van der Waals surface area (Å²) < 4.78 is 65.9. The van der Waals surface area contributed by atoms with E-state index in [9.17, 15) is 0 Å². The molecule has 3 saturated heterocycles. The molecule has 3 heterocycles. The normalized spacial score (nSPS) is 28.4. The maximum absolute atomic E-state index is 7.13. The van der Waals surface area contributed by atoms with Crippen molar-refractivity contribution in [3.8, 4) is 0 Å². The lowest BCUT2D eigenvalue weighted by atomic mass is 9.96. The second-order valence-corrected chi connectivity index (χ2v) is 14.8. The molecule has 10 nitrogen and oxygen atoms in total. The van der Waals surface area contributed by atoms with Gasteiger partial charge in [-0.3, -0.25) is 0 Å². The predicted molar refractivity (Wildman–Crippen MR) is 215 cm³/mol. The lowest BCUT2D eigenvalue weighted by molar-refractivity contribution is -0.388. The Kier molecular flexibility index (Phi) is 14.4.